The summed E-state index contributed by atoms with van der Waals surface area (Å²) in [4.78, 5) is 5.24. The molecule has 2 unspecified atom stereocenters. The molecule has 2 aliphatic rings. The van der Waals surface area contributed by atoms with Gasteiger partial charge in [0, 0.05) is 11.5 Å². The average Bonchev–Trinajstić information content (AvgIpc) is 2.59. The van der Waals surface area contributed by atoms with Crippen LogP contribution in [-0.4, -0.2) is 23.9 Å². The number of fused-ring (bicyclic) bond motifs is 5. The van der Waals surface area contributed by atoms with E-state index in [1.807, 2.05) is 0 Å². The smallest absolute Gasteiger partial charge is 0.119 e. The van der Waals surface area contributed by atoms with Crippen molar-refractivity contribution in [3.8, 4) is 5.75 Å². The predicted molar refractivity (Wildman–Crippen MR) is 100 cm³/mol. The minimum atomic E-state index is 0.0870. The monoisotopic (exact) mass is 325 g/mol. The molecule has 2 aromatic rings. The molecule has 23 heavy (non-hydrogen) atoms. The molecule has 0 spiro atoms. The van der Waals surface area contributed by atoms with Crippen LogP contribution in [0.4, 0.5) is 0 Å². The van der Waals surface area contributed by atoms with Crippen LogP contribution in [0.3, 0.4) is 0 Å². The SMILES string of the molecule is COc1ccc2c3c(ccc2c1)C1CCCCC1(C)N=C3SC. The predicted octanol–water partition coefficient (Wildman–Crippen LogP) is 5.39. The summed E-state index contributed by atoms with van der Waals surface area (Å²) in [5.74, 6) is 1.48. The molecule has 2 aromatic carbocycles. The van der Waals surface area contributed by atoms with Crippen LogP contribution in [0.2, 0.25) is 0 Å². The summed E-state index contributed by atoms with van der Waals surface area (Å²) in [6.07, 6.45) is 7.25. The first-order valence-corrected chi connectivity index (χ1v) is 9.63. The van der Waals surface area contributed by atoms with Gasteiger partial charge in [-0.3, -0.25) is 4.99 Å². The molecule has 0 bridgehead atoms. The van der Waals surface area contributed by atoms with Crippen LogP contribution in [0, 0.1) is 0 Å². The number of aliphatic imine (C=N–C) groups is 1. The van der Waals surface area contributed by atoms with Gasteiger partial charge in [-0.05, 0) is 60.6 Å². The van der Waals surface area contributed by atoms with Gasteiger partial charge in [0.1, 0.15) is 5.75 Å². The molecule has 1 aliphatic heterocycles. The van der Waals surface area contributed by atoms with E-state index in [9.17, 15) is 0 Å². The molecule has 1 fully saturated rings. The van der Waals surface area contributed by atoms with E-state index in [-0.39, 0.29) is 5.54 Å². The first-order valence-electron chi connectivity index (χ1n) is 8.41. The molecular weight excluding hydrogens is 302 g/mol. The van der Waals surface area contributed by atoms with Gasteiger partial charge < -0.3 is 4.74 Å². The third kappa shape index (κ3) is 2.28. The van der Waals surface area contributed by atoms with Gasteiger partial charge in [-0.1, -0.05) is 25.0 Å². The van der Waals surface area contributed by atoms with Crippen LogP contribution in [0.1, 0.15) is 49.7 Å². The molecule has 0 amide bonds. The standard InChI is InChI=1S/C20H23NOS/c1-20-11-5-4-6-17(20)16-9-7-13-12-14(22-2)8-10-15(13)18(16)19(21-20)23-3/h7-10,12,17H,4-6,11H2,1-3H3. The zero-order valence-electron chi connectivity index (χ0n) is 14.1. The molecule has 0 aromatic heterocycles. The van der Waals surface area contributed by atoms with Crippen molar-refractivity contribution in [2.24, 2.45) is 4.99 Å². The van der Waals surface area contributed by atoms with Crippen molar-refractivity contribution < 1.29 is 4.74 Å². The molecular formula is C20H23NOS. The van der Waals surface area contributed by atoms with Gasteiger partial charge in [0.15, 0.2) is 0 Å². The molecule has 1 aliphatic carbocycles. The van der Waals surface area contributed by atoms with Gasteiger partial charge in [-0.25, -0.2) is 0 Å². The van der Waals surface area contributed by atoms with Gasteiger partial charge in [0.2, 0.25) is 0 Å². The third-order valence-corrected chi connectivity index (χ3v) is 6.26. The Labute approximate surface area is 142 Å². The summed E-state index contributed by atoms with van der Waals surface area (Å²) in [5, 5.41) is 3.75. The Kier molecular flexibility index (Phi) is 3.64. The average molecular weight is 325 g/mol. The lowest BCUT2D eigenvalue weighted by molar-refractivity contribution is 0.274. The van der Waals surface area contributed by atoms with Crippen LogP contribution in [-0.2, 0) is 0 Å². The van der Waals surface area contributed by atoms with E-state index in [1.165, 1.54) is 52.6 Å². The molecule has 2 atom stereocenters. The second-order valence-corrected chi connectivity index (χ2v) is 7.69. The summed E-state index contributed by atoms with van der Waals surface area (Å²) in [7, 11) is 1.72. The lowest BCUT2D eigenvalue weighted by Crippen LogP contribution is -2.38. The molecule has 1 heterocycles. The highest BCUT2D eigenvalue weighted by Crippen LogP contribution is 2.49. The number of hydrogen-bond acceptors (Lipinski definition) is 3. The molecule has 3 heteroatoms. The van der Waals surface area contributed by atoms with Crippen molar-refractivity contribution in [1.82, 2.24) is 0 Å². The van der Waals surface area contributed by atoms with Crippen LogP contribution in [0.25, 0.3) is 10.8 Å². The van der Waals surface area contributed by atoms with Crippen molar-refractivity contribution in [3.05, 3.63) is 41.5 Å². The highest BCUT2D eigenvalue weighted by Gasteiger charge is 2.42. The molecule has 2 nitrogen and oxygen atoms in total. The van der Waals surface area contributed by atoms with Gasteiger partial charge in [-0.2, -0.15) is 0 Å². The fourth-order valence-electron chi connectivity index (χ4n) is 4.36. The maximum Gasteiger partial charge on any atom is 0.119 e. The molecule has 0 radical (unpaired) electrons. The molecule has 0 saturated heterocycles. The fourth-order valence-corrected chi connectivity index (χ4v) is 5.09. The minimum Gasteiger partial charge on any atom is -0.497 e. The minimum absolute atomic E-state index is 0.0870. The first kappa shape index (κ1) is 15.1. The zero-order valence-corrected chi connectivity index (χ0v) is 14.9. The summed E-state index contributed by atoms with van der Waals surface area (Å²) in [5.41, 5.74) is 2.95. The quantitative estimate of drug-likeness (QED) is 0.701. The van der Waals surface area contributed by atoms with Gasteiger partial charge >= 0.3 is 0 Å². The largest absolute Gasteiger partial charge is 0.497 e. The van der Waals surface area contributed by atoms with Gasteiger partial charge in [-0.15, -0.1) is 11.8 Å². The highest BCUT2D eigenvalue weighted by molar-refractivity contribution is 8.13. The van der Waals surface area contributed by atoms with E-state index in [0.717, 1.165) is 5.75 Å². The van der Waals surface area contributed by atoms with Crippen molar-refractivity contribution in [2.45, 2.75) is 44.1 Å². The second kappa shape index (κ2) is 5.55. The molecule has 120 valence electrons. The van der Waals surface area contributed by atoms with E-state index >= 15 is 0 Å². The molecule has 4 rings (SSSR count). The number of hydrogen-bond donors (Lipinski definition) is 0. The van der Waals surface area contributed by atoms with Crippen molar-refractivity contribution in [2.75, 3.05) is 13.4 Å². The Hall–Kier alpha value is -1.48. The Balaban J connectivity index is 1.98. The van der Waals surface area contributed by atoms with Crippen LogP contribution in [0.15, 0.2) is 35.3 Å². The molecule has 0 N–H and O–H groups in total. The van der Waals surface area contributed by atoms with Crippen molar-refractivity contribution in [3.63, 3.8) is 0 Å². The van der Waals surface area contributed by atoms with Crippen LogP contribution >= 0.6 is 11.8 Å². The van der Waals surface area contributed by atoms with E-state index < -0.39 is 0 Å². The summed E-state index contributed by atoms with van der Waals surface area (Å²) in [6, 6.07) is 11.0. The van der Waals surface area contributed by atoms with E-state index in [2.05, 4.69) is 43.5 Å². The number of benzene rings is 2. The molecule has 1 saturated carbocycles. The summed E-state index contributed by atoms with van der Waals surface area (Å²) >= 11 is 1.79. The number of thioether (sulfide) groups is 1. The van der Waals surface area contributed by atoms with E-state index in [1.54, 1.807) is 18.9 Å². The Morgan fingerprint density at radius 1 is 1.22 bits per heavy atom. The van der Waals surface area contributed by atoms with Crippen LogP contribution < -0.4 is 4.74 Å². The first-order chi connectivity index (χ1) is 11.2. The van der Waals surface area contributed by atoms with Gasteiger partial charge in [0.05, 0.1) is 17.7 Å². The number of methoxy groups -OCH3 is 1. The van der Waals surface area contributed by atoms with E-state index in [4.69, 9.17) is 9.73 Å². The maximum absolute atomic E-state index is 5.39. The Morgan fingerprint density at radius 2 is 2.09 bits per heavy atom. The van der Waals surface area contributed by atoms with Crippen molar-refractivity contribution >= 4 is 27.6 Å². The third-order valence-electron chi connectivity index (χ3n) is 5.58. The number of ether oxygens (including phenoxy) is 1. The van der Waals surface area contributed by atoms with Gasteiger partial charge in [0.25, 0.3) is 0 Å². The normalized spacial score (nSPS) is 26.4. The maximum atomic E-state index is 5.39. The topological polar surface area (TPSA) is 21.6 Å². The Bertz CT molecular complexity index is 798. The fraction of sp³-hybridized carbons (Fsp3) is 0.450. The lowest BCUT2D eigenvalue weighted by atomic mass is 9.68. The Morgan fingerprint density at radius 3 is 2.87 bits per heavy atom. The number of nitrogens with zero attached hydrogens (tertiary/aromatic N) is 1. The van der Waals surface area contributed by atoms with Crippen molar-refractivity contribution in [1.29, 1.82) is 0 Å². The highest BCUT2D eigenvalue weighted by atomic mass is 32.2. The number of rotatable bonds is 1. The summed E-state index contributed by atoms with van der Waals surface area (Å²) < 4.78 is 5.39. The zero-order chi connectivity index (χ0) is 16.0. The van der Waals surface area contributed by atoms with Crippen LogP contribution in [0.5, 0.6) is 5.75 Å². The van der Waals surface area contributed by atoms with E-state index in [0.29, 0.717) is 5.92 Å². The second-order valence-electron chi connectivity index (χ2n) is 6.89. The lowest BCUT2D eigenvalue weighted by Gasteiger charge is -2.43. The summed E-state index contributed by atoms with van der Waals surface area (Å²) in [6.45, 7) is 2.36.